The summed E-state index contributed by atoms with van der Waals surface area (Å²) in [6, 6.07) is -0.466. The van der Waals surface area contributed by atoms with E-state index >= 15 is 0 Å². The van der Waals surface area contributed by atoms with Gasteiger partial charge in [-0.05, 0) is 0 Å². The van der Waals surface area contributed by atoms with E-state index < -0.39 is 12.3 Å². The molecule has 0 bridgehead atoms. The summed E-state index contributed by atoms with van der Waals surface area (Å²) in [5, 5.41) is 13.7. The second kappa shape index (κ2) is 6.64. The first-order valence-corrected chi connectivity index (χ1v) is 4.51. The molecule has 0 fully saturated rings. The topological polar surface area (TPSA) is 134 Å². The summed E-state index contributed by atoms with van der Waals surface area (Å²) in [6.07, 6.45) is -0.676. The van der Waals surface area contributed by atoms with Gasteiger partial charge in [-0.15, -0.1) is 0 Å². The number of urea groups is 1. The molecule has 7 N–H and O–H groups in total. The van der Waals surface area contributed by atoms with E-state index in [0.29, 0.717) is 6.29 Å². The van der Waals surface area contributed by atoms with Crippen LogP contribution < -0.4 is 22.1 Å². The summed E-state index contributed by atoms with van der Waals surface area (Å²) in [7, 11) is 2.84. The number of carbonyl (C=O) groups excluding carboxylic acids is 2. The van der Waals surface area contributed by atoms with Crippen molar-refractivity contribution in [1.82, 2.24) is 15.5 Å². The summed E-state index contributed by atoms with van der Waals surface area (Å²) in [5.41, 5.74) is 10.6. The Hall–Kier alpha value is -1.80. The third-order valence-corrected chi connectivity index (χ3v) is 1.78. The second-order valence-electron chi connectivity index (χ2n) is 2.98. The van der Waals surface area contributed by atoms with Crippen molar-refractivity contribution in [2.75, 3.05) is 20.6 Å². The fourth-order valence-corrected chi connectivity index (χ4v) is 0.865. The summed E-state index contributed by atoms with van der Waals surface area (Å²) in [4.78, 5) is 22.9. The number of aliphatic hydroxyl groups is 1. The Morgan fingerprint density at radius 1 is 1.62 bits per heavy atom. The highest BCUT2D eigenvalue weighted by Gasteiger charge is 2.13. The van der Waals surface area contributed by atoms with Crippen molar-refractivity contribution in [3.05, 3.63) is 11.5 Å². The molecule has 0 saturated carbocycles. The van der Waals surface area contributed by atoms with E-state index in [9.17, 15) is 9.59 Å². The highest BCUT2D eigenvalue weighted by Crippen LogP contribution is 1.98. The molecular weight excluding hydrogens is 214 g/mol. The summed E-state index contributed by atoms with van der Waals surface area (Å²) >= 11 is 0. The number of amides is 2. The molecule has 0 aromatic carbocycles. The fourth-order valence-electron chi connectivity index (χ4n) is 0.865. The van der Waals surface area contributed by atoms with Gasteiger partial charge in [0.05, 0.1) is 6.54 Å². The standard InChI is InChI=1S/C8H17N5O3/c1-11-8(16)13(2)7(10)5(4-14)12-3-6(9)15/h4,6,12,15H,3,9-10H2,1-2H3,(H,11,16)/b7-5+. The zero-order valence-electron chi connectivity index (χ0n) is 9.23. The summed E-state index contributed by atoms with van der Waals surface area (Å²) in [5.74, 6) is -0.0602. The van der Waals surface area contributed by atoms with Gasteiger partial charge in [0.2, 0.25) is 0 Å². The second-order valence-corrected chi connectivity index (χ2v) is 2.98. The number of rotatable bonds is 5. The Balaban J connectivity index is 4.72. The molecule has 1 unspecified atom stereocenters. The first-order chi connectivity index (χ1) is 7.43. The number of hydrogen-bond acceptors (Lipinski definition) is 6. The van der Waals surface area contributed by atoms with Gasteiger partial charge in [-0.3, -0.25) is 9.69 Å². The van der Waals surface area contributed by atoms with Crippen LogP contribution in [0, 0.1) is 0 Å². The van der Waals surface area contributed by atoms with E-state index in [2.05, 4.69) is 10.6 Å². The molecule has 16 heavy (non-hydrogen) atoms. The monoisotopic (exact) mass is 231 g/mol. The first kappa shape index (κ1) is 14.2. The van der Waals surface area contributed by atoms with Crippen LogP contribution in [0.2, 0.25) is 0 Å². The van der Waals surface area contributed by atoms with E-state index in [4.69, 9.17) is 16.6 Å². The Labute approximate surface area is 93.3 Å². The van der Waals surface area contributed by atoms with Crippen molar-refractivity contribution in [3.63, 3.8) is 0 Å². The van der Waals surface area contributed by atoms with Crippen molar-refractivity contribution in [2.45, 2.75) is 6.23 Å². The van der Waals surface area contributed by atoms with E-state index in [1.54, 1.807) is 0 Å². The van der Waals surface area contributed by atoms with Crippen LogP contribution in [0.5, 0.6) is 0 Å². The average Bonchev–Trinajstić information content (AvgIpc) is 2.27. The van der Waals surface area contributed by atoms with Crippen molar-refractivity contribution < 1.29 is 14.7 Å². The van der Waals surface area contributed by atoms with Crippen LogP contribution in [0.15, 0.2) is 11.5 Å². The van der Waals surface area contributed by atoms with Crippen LogP contribution in [0.3, 0.4) is 0 Å². The van der Waals surface area contributed by atoms with Crippen molar-refractivity contribution in [1.29, 1.82) is 0 Å². The van der Waals surface area contributed by atoms with Gasteiger partial charge in [0.25, 0.3) is 0 Å². The highest BCUT2D eigenvalue weighted by molar-refractivity contribution is 5.79. The molecule has 0 heterocycles. The Bertz CT molecular complexity index is 289. The lowest BCUT2D eigenvalue weighted by Crippen LogP contribution is -2.41. The van der Waals surface area contributed by atoms with Crippen LogP contribution in [-0.2, 0) is 4.79 Å². The molecule has 0 aliphatic heterocycles. The van der Waals surface area contributed by atoms with Crippen LogP contribution in [0.25, 0.3) is 0 Å². The quantitative estimate of drug-likeness (QED) is 0.201. The summed E-state index contributed by atoms with van der Waals surface area (Å²) < 4.78 is 0. The maximum Gasteiger partial charge on any atom is 0.322 e. The molecule has 8 heteroatoms. The number of nitrogens with two attached hydrogens (primary N) is 2. The molecule has 2 amide bonds. The molecule has 0 rings (SSSR count). The zero-order valence-corrected chi connectivity index (χ0v) is 9.23. The number of nitrogens with zero attached hydrogens (tertiary/aromatic N) is 1. The van der Waals surface area contributed by atoms with E-state index in [-0.39, 0.29) is 18.1 Å². The predicted octanol–water partition coefficient (Wildman–Crippen LogP) is -2.55. The lowest BCUT2D eigenvalue weighted by Gasteiger charge is -2.19. The Morgan fingerprint density at radius 2 is 2.19 bits per heavy atom. The average molecular weight is 231 g/mol. The third kappa shape index (κ3) is 4.15. The van der Waals surface area contributed by atoms with E-state index in [1.807, 2.05) is 0 Å². The van der Waals surface area contributed by atoms with Crippen LogP contribution in [0.4, 0.5) is 4.79 Å². The minimum absolute atomic E-state index is 0.0180. The molecule has 92 valence electrons. The highest BCUT2D eigenvalue weighted by atomic mass is 16.3. The molecule has 0 radical (unpaired) electrons. The van der Waals surface area contributed by atoms with Gasteiger partial charge in [0.15, 0.2) is 6.29 Å². The van der Waals surface area contributed by atoms with Gasteiger partial charge in [-0.2, -0.15) is 0 Å². The van der Waals surface area contributed by atoms with Gasteiger partial charge in [-0.1, -0.05) is 0 Å². The summed E-state index contributed by atoms with van der Waals surface area (Å²) in [6.45, 7) is -0.0453. The number of hydrogen-bond donors (Lipinski definition) is 5. The molecular formula is C8H17N5O3. The van der Waals surface area contributed by atoms with Crippen LogP contribution in [0.1, 0.15) is 0 Å². The third-order valence-electron chi connectivity index (χ3n) is 1.78. The Morgan fingerprint density at radius 3 is 2.56 bits per heavy atom. The smallest absolute Gasteiger partial charge is 0.322 e. The minimum Gasteiger partial charge on any atom is -0.383 e. The maximum atomic E-state index is 11.2. The van der Waals surface area contributed by atoms with Crippen LogP contribution >= 0.6 is 0 Å². The van der Waals surface area contributed by atoms with Gasteiger partial charge in [0, 0.05) is 14.1 Å². The number of aldehydes is 1. The largest absolute Gasteiger partial charge is 0.383 e. The van der Waals surface area contributed by atoms with Gasteiger partial charge < -0.3 is 27.2 Å². The SMILES string of the molecule is CNC(=O)N(C)/C(N)=C(\C=O)NCC(N)O. The van der Waals surface area contributed by atoms with E-state index in [1.165, 1.54) is 14.1 Å². The normalized spacial score (nSPS) is 13.5. The zero-order chi connectivity index (χ0) is 12.7. The van der Waals surface area contributed by atoms with Gasteiger partial charge >= 0.3 is 6.03 Å². The minimum atomic E-state index is -1.12. The lowest BCUT2D eigenvalue weighted by molar-refractivity contribution is -0.105. The van der Waals surface area contributed by atoms with Crippen molar-refractivity contribution >= 4 is 12.3 Å². The number of aliphatic hydroxyl groups excluding tert-OH is 1. The molecule has 8 nitrogen and oxygen atoms in total. The molecule has 1 atom stereocenters. The van der Waals surface area contributed by atoms with Gasteiger partial charge in [0.1, 0.15) is 17.7 Å². The first-order valence-electron chi connectivity index (χ1n) is 4.51. The lowest BCUT2D eigenvalue weighted by atomic mass is 10.4. The van der Waals surface area contributed by atoms with E-state index in [0.717, 1.165) is 4.90 Å². The molecule has 0 aliphatic rings. The maximum absolute atomic E-state index is 11.2. The number of carbonyl (C=O) groups is 2. The Kier molecular flexibility index (Phi) is 5.89. The fraction of sp³-hybridized carbons (Fsp3) is 0.500. The van der Waals surface area contributed by atoms with Crippen LogP contribution in [-0.4, -0.2) is 49.2 Å². The van der Waals surface area contributed by atoms with Crippen molar-refractivity contribution in [3.8, 4) is 0 Å². The molecule has 0 aromatic heterocycles. The molecule has 0 spiro atoms. The van der Waals surface area contributed by atoms with Gasteiger partial charge in [-0.25, -0.2) is 4.79 Å². The molecule has 0 aliphatic carbocycles. The van der Waals surface area contributed by atoms with Crippen molar-refractivity contribution in [2.24, 2.45) is 11.5 Å². The number of nitrogens with one attached hydrogen (secondary N) is 2. The predicted molar refractivity (Wildman–Crippen MR) is 57.7 cm³/mol. The molecule has 0 saturated heterocycles. The number of allylic oxidation sites excluding steroid dienone is 1. The molecule has 0 aromatic rings.